The molecule has 1 aromatic heterocycles. The quantitative estimate of drug-likeness (QED) is 0.662. The molecule has 8 nitrogen and oxygen atoms in total. The molecule has 0 bridgehead atoms. The van der Waals surface area contributed by atoms with Crippen LogP contribution in [0.3, 0.4) is 0 Å². The molecule has 0 radical (unpaired) electrons. The first-order valence-corrected chi connectivity index (χ1v) is 9.90. The standard InChI is InChI=1S/C23H20N4O4/c24-13-19-20-7-4-12-26(20)23(30)27(22(19)29)14-21(28)25-17-8-10-18(11-9-17)31-15-16-5-2-1-3-6-16/h1-3,5-6,8-11H,4,7,12,14-15H2,(H,25,28). The van der Waals surface area contributed by atoms with E-state index in [1.807, 2.05) is 36.4 Å². The van der Waals surface area contributed by atoms with Crippen LogP contribution in [0.4, 0.5) is 5.69 Å². The number of amides is 1. The summed E-state index contributed by atoms with van der Waals surface area (Å²) in [6, 6.07) is 18.4. The number of nitrogens with zero attached hydrogens (tertiary/aromatic N) is 3. The van der Waals surface area contributed by atoms with Crippen molar-refractivity contribution in [3.63, 3.8) is 0 Å². The van der Waals surface area contributed by atoms with E-state index in [1.165, 1.54) is 4.57 Å². The van der Waals surface area contributed by atoms with Crippen molar-refractivity contribution >= 4 is 11.6 Å². The molecule has 3 aromatic rings. The van der Waals surface area contributed by atoms with E-state index in [0.717, 1.165) is 10.1 Å². The summed E-state index contributed by atoms with van der Waals surface area (Å²) in [5, 5.41) is 12.0. The molecule has 0 saturated carbocycles. The van der Waals surface area contributed by atoms with Crippen LogP contribution >= 0.6 is 0 Å². The highest BCUT2D eigenvalue weighted by Gasteiger charge is 2.23. The summed E-state index contributed by atoms with van der Waals surface area (Å²) in [5.41, 5.74) is 0.663. The van der Waals surface area contributed by atoms with Crippen LogP contribution in [-0.4, -0.2) is 15.0 Å². The van der Waals surface area contributed by atoms with Crippen molar-refractivity contribution in [1.82, 2.24) is 9.13 Å². The number of aromatic nitrogens is 2. The van der Waals surface area contributed by atoms with Crippen LogP contribution in [-0.2, 0) is 30.9 Å². The Morgan fingerprint density at radius 1 is 1.10 bits per heavy atom. The molecule has 1 aliphatic rings. The summed E-state index contributed by atoms with van der Waals surface area (Å²) < 4.78 is 7.94. The zero-order chi connectivity index (χ0) is 21.8. The Morgan fingerprint density at radius 2 is 1.84 bits per heavy atom. The molecule has 0 atom stereocenters. The van der Waals surface area contributed by atoms with Gasteiger partial charge in [-0.25, -0.2) is 9.36 Å². The summed E-state index contributed by atoms with van der Waals surface area (Å²) in [7, 11) is 0. The zero-order valence-electron chi connectivity index (χ0n) is 16.7. The molecule has 0 fully saturated rings. The second-order valence-electron chi connectivity index (χ2n) is 7.21. The van der Waals surface area contributed by atoms with Gasteiger partial charge in [0, 0.05) is 17.9 Å². The molecule has 4 rings (SSSR count). The van der Waals surface area contributed by atoms with E-state index in [0.29, 0.717) is 43.1 Å². The smallest absolute Gasteiger partial charge is 0.331 e. The van der Waals surface area contributed by atoms with Gasteiger partial charge in [0.05, 0.1) is 0 Å². The second kappa shape index (κ2) is 8.71. The minimum atomic E-state index is -0.722. The number of nitriles is 1. The number of fused-ring (bicyclic) bond motifs is 1. The number of ether oxygens (including phenoxy) is 1. The molecule has 31 heavy (non-hydrogen) atoms. The lowest BCUT2D eigenvalue weighted by atomic mass is 10.2. The Hall–Kier alpha value is -4.12. The van der Waals surface area contributed by atoms with Crippen LogP contribution < -0.4 is 21.3 Å². The molecule has 8 heteroatoms. The minimum absolute atomic E-state index is 0.0650. The summed E-state index contributed by atoms with van der Waals surface area (Å²) >= 11 is 0. The number of carbonyl (C=O) groups is 1. The van der Waals surface area contributed by atoms with E-state index in [2.05, 4.69) is 5.32 Å². The molecule has 0 saturated heterocycles. The van der Waals surface area contributed by atoms with Crippen molar-refractivity contribution in [2.75, 3.05) is 5.32 Å². The maximum atomic E-state index is 12.6. The third-order valence-electron chi connectivity index (χ3n) is 5.13. The number of carbonyl (C=O) groups excluding carboxylic acids is 1. The van der Waals surface area contributed by atoms with Gasteiger partial charge in [0.25, 0.3) is 5.56 Å². The lowest BCUT2D eigenvalue weighted by Gasteiger charge is -2.11. The fourth-order valence-corrected chi connectivity index (χ4v) is 3.61. The predicted octanol–water partition coefficient (Wildman–Crippen LogP) is 2.05. The Bertz CT molecular complexity index is 1270. The maximum absolute atomic E-state index is 12.6. The second-order valence-corrected chi connectivity index (χ2v) is 7.21. The van der Waals surface area contributed by atoms with E-state index < -0.39 is 23.7 Å². The fraction of sp³-hybridized carbons (Fsp3) is 0.217. The molecule has 0 spiro atoms. The van der Waals surface area contributed by atoms with Crippen LogP contribution in [0, 0.1) is 11.3 Å². The van der Waals surface area contributed by atoms with Crippen LogP contribution in [0.5, 0.6) is 5.75 Å². The highest BCUT2D eigenvalue weighted by atomic mass is 16.5. The molecule has 1 amide bonds. The monoisotopic (exact) mass is 416 g/mol. The predicted molar refractivity (Wildman–Crippen MR) is 114 cm³/mol. The van der Waals surface area contributed by atoms with Gasteiger partial charge in [-0.15, -0.1) is 0 Å². The van der Waals surface area contributed by atoms with Crippen molar-refractivity contribution in [2.24, 2.45) is 0 Å². The summed E-state index contributed by atoms with van der Waals surface area (Å²) in [5.74, 6) is 0.119. The van der Waals surface area contributed by atoms with Gasteiger partial charge in [0.2, 0.25) is 5.91 Å². The van der Waals surface area contributed by atoms with Crippen molar-refractivity contribution in [3.05, 3.63) is 92.3 Å². The minimum Gasteiger partial charge on any atom is -0.489 e. The highest BCUT2D eigenvalue weighted by molar-refractivity contribution is 5.90. The van der Waals surface area contributed by atoms with Gasteiger partial charge in [-0.1, -0.05) is 30.3 Å². The van der Waals surface area contributed by atoms with Gasteiger partial charge in [-0.2, -0.15) is 5.26 Å². The van der Waals surface area contributed by atoms with Crippen LogP contribution in [0.2, 0.25) is 0 Å². The molecular formula is C23H20N4O4. The topological polar surface area (TPSA) is 106 Å². The molecule has 2 aromatic carbocycles. The first-order chi connectivity index (χ1) is 15.1. The van der Waals surface area contributed by atoms with Gasteiger partial charge in [-0.3, -0.25) is 14.2 Å². The Balaban J connectivity index is 1.43. The average Bonchev–Trinajstić information content (AvgIpc) is 3.27. The number of hydrogen-bond donors (Lipinski definition) is 1. The molecule has 0 unspecified atom stereocenters. The SMILES string of the molecule is N#Cc1c2n(c(=O)n(CC(=O)Nc3ccc(OCc4ccccc4)cc3)c1=O)CCC2. The Morgan fingerprint density at radius 3 is 2.55 bits per heavy atom. The summed E-state index contributed by atoms with van der Waals surface area (Å²) in [6.45, 7) is 0.410. The van der Waals surface area contributed by atoms with Crippen molar-refractivity contribution < 1.29 is 9.53 Å². The molecule has 0 aliphatic carbocycles. The molecule has 1 aliphatic heterocycles. The molecule has 2 heterocycles. The molecular weight excluding hydrogens is 396 g/mol. The number of benzene rings is 2. The Kier molecular flexibility index (Phi) is 5.67. The zero-order valence-corrected chi connectivity index (χ0v) is 16.7. The third kappa shape index (κ3) is 4.26. The summed E-state index contributed by atoms with van der Waals surface area (Å²) in [4.78, 5) is 37.6. The van der Waals surface area contributed by atoms with E-state index in [-0.39, 0.29) is 5.56 Å². The van der Waals surface area contributed by atoms with Crippen molar-refractivity contribution in [1.29, 1.82) is 5.26 Å². The lowest BCUT2D eigenvalue weighted by molar-refractivity contribution is -0.116. The Labute approximate surface area is 177 Å². The van der Waals surface area contributed by atoms with E-state index >= 15 is 0 Å². The fourth-order valence-electron chi connectivity index (χ4n) is 3.61. The van der Waals surface area contributed by atoms with Gasteiger partial charge in [0.15, 0.2) is 0 Å². The van der Waals surface area contributed by atoms with Crippen LogP contribution in [0.15, 0.2) is 64.2 Å². The number of rotatable bonds is 6. The third-order valence-corrected chi connectivity index (χ3v) is 5.13. The number of hydrogen-bond acceptors (Lipinski definition) is 5. The maximum Gasteiger partial charge on any atom is 0.331 e. The van der Waals surface area contributed by atoms with Crippen molar-refractivity contribution in [3.8, 4) is 11.8 Å². The first kappa shape index (κ1) is 20.2. The number of nitrogens with one attached hydrogen (secondary N) is 1. The van der Waals surface area contributed by atoms with Gasteiger partial charge in [0.1, 0.15) is 30.5 Å². The lowest BCUT2D eigenvalue weighted by Crippen LogP contribution is -2.44. The largest absolute Gasteiger partial charge is 0.489 e. The van der Waals surface area contributed by atoms with E-state index in [4.69, 9.17) is 4.74 Å². The van der Waals surface area contributed by atoms with Crippen LogP contribution in [0.25, 0.3) is 0 Å². The average molecular weight is 416 g/mol. The normalized spacial score (nSPS) is 12.1. The molecule has 1 N–H and O–H groups in total. The van der Waals surface area contributed by atoms with Gasteiger partial charge < -0.3 is 10.1 Å². The van der Waals surface area contributed by atoms with Gasteiger partial charge >= 0.3 is 5.69 Å². The highest BCUT2D eigenvalue weighted by Crippen LogP contribution is 2.17. The van der Waals surface area contributed by atoms with E-state index in [1.54, 1.807) is 24.3 Å². The molecule has 156 valence electrons. The van der Waals surface area contributed by atoms with Crippen LogP contribution in [0.1, 0.15) is 23.2 Å². The van der Waals surface area contributed by atoms with E-state index in [9.17, 15) is 19.6 Å². The summed E-state index contributed by atoms with van der Waals surface area (Å²) in [6.07, 6.45) is 1.21. The number of anilines is 1. The van der Waals surface area contributed by atoms with Crippen molar-refractivity contribution in [2.45, 2.75) is 32.5 Å². The van der Waals surface area contributed by atoms with Gasteiger partial charge in [-0.05, 0) is 42.7 Å². The first-order valence-electron chi connectivity index (χ1n) is 9.90.